The van der Waals surface area contributed by atoms with Crippen molar-refractivity contribution in [2.45, 2.75) is 18.2 Å². The van der Waals surface area contributed by atoms with E-state index in [1.165, 1.54) is 11.9 Å². The van der Waals surface area contributed by atoms with Gasteiger partial charge in [-0.25, -0.2) is 8.42 Å². The molecular formula is C22H30N4O2S. The summed E-state index contributed by atoms with van der Waals surface area (Å²) in [6.07, 6.45) is 2.01. The minimum Gasteiger partial charge on any atom is -0.368 e. The Morgan fingerprint density at radius 1 is 1.00 bits per heavy atom. The van der Waals surface area contributed by atoms with Gasteiger partial charge in [0.25, 0.3) is 0 Å². The van der Waals surface area contributed by atoms with Crippen molar-refractivity contribution in [2.75, 3.05) is 50.4 Å². The predicted molar refractivity (Wildman–Crippen MR) is 119 cm³/mol. The van der Waals surface area contributed by atoms with E-state index in [2.05, 4.69) is 46.3 Å². The SMILES string of the molecule is CCNC(=NCCc1ccc(S(C)(=O)=O)cc1)N1CCN(c2ccccc2)CC1. The number of aliphatic imine (C=N–C) groups is 1. The van der Waals surface area contributed by atoms with Gasteiger partial charge in [-0.1, -0.05) is 30.3 Å². The van der Waals surface area contributed by atoms with Crippen LogP contribution in [0.1, 0.15) is 12.5 Å². The number of sulfone groups is 1. The van der Waals surface area contributed by atoms with Gasteiger partial charge in [-0.3, -0.25) is 4.99 Å². The zero-order valence-electron chi connectivity index (χ0n) is 17.2. The second kappa shape index (κ2) is 9.78. The summed E-state index contributed by atoms with van der Waals surface area (Å²) in [5.74, 6) is 0.952. The van der Waals surface area contributed by atoms with Gasteiger partial charge in [-0.05, 0) is 43.2 Å². The molecule has 0 amide bonds. The first kappa shape index (κ1) is 21.2. The van der Waals surface area contributed by atoms with Gasteiger partial charge in [-0.15, -0.1) is 0 Å². The summed E-state index contributed by atoms with van der Waals surface area (Å²) >= 11 is 0. The Hall–Kier alpha value is -2.54. The molecule has 6 nitrogen and oxygen atoms in total. The number of hydrogen-bond donors (Lipinski definition) is 1. The molecule has 0 bridgehead atoms. The van der Waals surface area contributed by atoms with E-state index >= 15 is 0 Å². The first-order chi connectivity index (χ1) is 14.0. The molecule has 0 aliphatic carbocycles. The van der Waals surface area contributed by atoms with Crippen LogP contribution in [0.2, 0.25) is 0 Å². The van der Waals surface area contributed by atoms with Crippen molar-refractivity contribution in [2.24, 2.45) is 4.99 Å². The molecule has 2 aromatic carbocycles. The molecule has 3 rings (SSSR count). The van der Waals surface area contributed by atoms with Gasteiger partial charge < -0.3 is 15.1 Å². The molecule has 29 heavy (non-hydrogen) atoms. The summed E-state index contributed by atoms with van der Waals surface area (Å²) in [5, 5.41) is 3.40. The highest BCUT2D eigenvalue weighted by molar-refractivity contribution is 7.90. The van der Waals surface area contributed by atoms with E-state index < -0.39 is 9.84 Å². The van der Waals surface area contributed by atoms with Crippen molar-refractivity contribution in [3.8, 4) is 0 Å². The third kappa shape index (κ3) is 5.97. The second-order valence-electron chi connectivity index (χ2n) is 7.21. The molecule has 0 atom stereocenters. The van der Waals surface area contributed by atoms with Crippen molar-refractivity contribution in [3.63, 3.8) is 0 Å². The molecule has 1 aliphatic rings. The van der Waals surface area contributed by atoms with E-state index in [1.807, 2.05) is 18.2 Å². The lowest BCUT2D eigenvalue weighted by Gasteiger charge is -2.37. The van der Waals surface area contributed by atoms with Gasteiger partial charge in [-0.2, -0.15) is 0 Å². The van der Waals surface area contributed by atoms with E-state index in [-0.39, 0.29) is 0 Å². The zero-order valence-corrected chi connectivity index (χ0v) is 18.0. The van der Waals surface area contributed by atoms with Crippen molar-refractivity contribution >= 4 is 21.5 Å². The number of nitrogens with one attached hydrogen (secondary N) is 1. The van der Waals surface area contributed by atoms with Crippen LogP contribution >= 0.6 is 0 Å². The number of rotatable bonds is 6. The number of piperazine rings is 1. The minimum absolute atomic E-state index is 0.356. The lowest BCUT2D eigenvalue weighted by molar-refractivity contribution is 0.372. The van der Waals surface area contributed by atoms with Gasteiger partial charge in [0.05, 0.1) is 4.90 Å². The number of anilines is 1. The van der Waals surface area contributed by atoms with Gasteiger partial charge in [0, 0.05) is 51.2 Å². The maximum atomic E-state index is 11.6. The molecule has 7 heteroatoms. The maximum absolute atomic E-state index is 11.6. The standard InChI is InChI=1S/C22H30N4O2S/c1-3-23-22(24-14-13-19-9-11-21(12-10-19)29(2,27)28)26-17-15-25(16-18-26)20-7-5-4-6-8-20/h4-12H,3,13-18H2,1-2H3,(H,23,24). The Balaban J connectivity index is 1.56. The molecule has 0 spiro atoms. The highest BCUT2D eigenvalue weighted by atomic mass is 32.2. The number of nitrogens with zero attached hydrogens (tertiary/aromatic N) is 3. The highest BCUT2D eigenvalue weighted by Gasteiger charge is 2.19. The Morgan fingerprint density at radius 3 is 2.24 bits per heavy atom. The number of para-hydroxylation sites is 1. The molecule has 0 saturated carbocycles. The fourth-order valence-corrected chi connectivity index (χ4v) is 4.07. The van der Waals surface area contributed by atoms with Gasteiger partial charge >= 0.3 is 0 Å². The van der Waals surface area contributed by atoms with E-state index in [0.29, 0.717) is 11.4 Å². The number of guanidine groups is 1. The van der Waals surface area contributed by atoms with Gasteiger partial charge in [0.2, 0.25) is 0 Å². The molecule has 1 N–H and O–H groups in total. The molecule has 0 aromatic heterocycles. The van der Waals surface area contributed by atoms with Crippen LogP contribution in [0.3, 0.4) is 0 Å². The first-order valence-electron chi connectivity index (χ1n) is 10.1. The largest absolute Gasteiger partial charge is 0.368 e. The lowest BCUT2D eigenvalue weighted by atomic mass is 10.1. The smallest absolute Gasteiger partial charge is 0.194 e. The molecular weight excluding hydrogens is 384 g/mol. The second-order valence-corrected chi connectivity index (χ2v) is 9.23. The third-order valence-electron chi connectivity index (χ3n) is 5.05. The van der Waals surface area contributed by atoms with Gasteiger partial charge in [0.1, 0.15) is 0 Å². The van der Waals surface area contributed by atoms with Crippen molar-refractivity contribution in [1.29, 1.82) is 0 Å². The van der Waals surface area contributed by atoms with Crippen molar-refractivity contribution < 1.29 is 8.42 Å². The number of hydrogen-bond acceptors (Lipinski definition) is 4. The average Bonchev–Trinajstić information content (AvgIpc) is 2.74. The van der Waals surface area contributed by atoms with Crippen LogP contribution in [0.15, 0.2) is 64.5 Å². The predicted octanol–water partition coefficient (Wildman–Crippen LogP) is 2.42. The monoisotopic (exact) mass is 414 g/mol. The summed E-state index contributed by atoms with van der Waals surface area (Å²) < 4.78 is 23.1. The van der Waals surface area contributed by atoms with Crippen LogP contribution in [0.25, 0.3) is 0 Å². The number of benzene rings is 2. The summed E-state index contributed by atoms with van der Waals surface area (Å²) in [6.45, 7) is 7.40. The Kier molecular flexibility index (Phi) is 7.14. The first-order valence-corrected chi connectivity index (χ1v) is 12.0. The molecule has 156 valence electrons. The quantitative estimate of drug-likeness (QED) is 0.581. The average molecular weight is 415 g/mol. The molecule has 1 heterocycles. The normalized spacial score (nSPS) is 15.4. The fourth-order valence-electron chi connectivity index (χ4n) is 3.44. The van der Waals surface area contributed by atoms with Crippen molar-refractivity contribution in [3.05, 3.63) is 60.2 Å². The molecule has 1 aliphatic heterocycles. The molecule has 0 radical (unpaired) electrons. The van der Waals surface area contributed by atoms with Crippen LogP contribution in [-0.4, -0.2) is 64.8 Å². The minimum atomic E-state index is -3.15. The van der Waals surface area contributed by atoms with Crippen LogP contribution in [0.5, 0.6) is 0 Å². The van der Waals surface area contributed by atoms with Crippen LogP contribution in [-0.2, 0) is 16.3 Å². The fraction of sp³-hybridized carbons (Fsp3) is 0.409. The summed E-state index contributed by atoms with van der Waals surface area (Å²) in [6, 6.07) is 17.6. The Morgan fingerprint density at radius 2 is 1.66 bits per heavy atom. The topological polar surface area (TPSA) is 65.0 Å². The lowest BCUT2D eigenvalue weighted by Crippen LogP contribution is -2.52. The van der Waals surface area contributed by atoms with Gasteiger partial charge in [0.15, 0.2) is 15.8 Å². The van der Waals surface area contributed by atoms with Crippen LogP contribution in [0, 0.1) is 0 Å². The van der Waals surface area contributed by atoms with Crippen molar-refractivity contribution in [1.82, 2.24) is 10.2 Å². The Bertz CT molecular complexity index is 904. The molecule has 1 saturated heterocycles. The van der Waals surface area contributed by atoms with Crippen LogP contribution < -0.4 is 10.2 Å². The third-order valence-corrected chi connectivity index (χ3v) is 6.18. The van der Waals surface area contributed by atoms with E-state index in [0.717, 1.165) is 50.7 Å². The summed E-state index contributed by atoms with van der Waals surface area (Å²) in [4.78, 5) is 9.87. The highest BCUT2D eigenvalue weighted by Crippen LogP contribution is 2.16. The molecule has 2 aromatic rings. The summed E-state index contributed by atoms with van der Waals surface area (Å²) in [7, 11) is -3.15. The van der Waals surface area contributed by atoms with E-state index in [4.69, 9.17) is 4.99 Å². The zero-order chi connectivity index (χ0) is 20.7. The molecule has 1 fully saturated rings. The molecule has 0 unspecified atom stereocenters. The van der Waals surface area contributed by atoms with Crippen LogP contribution in [0.4, 0.5) is 5.69 Å². The van der Waals surface area contributed by atoms with E-state index in [9.17, 15) is 8.42 Å². The van der Waals surface area contributed by atoms with E-state index in [1.54, 1.807) is 12.1 Å². The summed E-state index contributed by atoms with van der Waals surface area (Å²) in [5.41, 5.74) is 2.36. The Labute approximate surface area is 174 Å². The maximum Gasteiger partial charge on any atom is 0.194 e.